The summed E-state index contributed by atoms with van der Waals surface area (Å²) in [6.07, 6.45) is 1.45. The zero-order valence-corrected chi connectivity index (χ0v) is 8.85. The molecule has 0 radical (unpaired) electrons. The Bertz CT molecular complexity index is 522. The first-order chi connectivity index (χ1) is 8.15. The van der Waals surface area contributed by atoms with Crippen molar-refractivity contribution in [1.29, 1.82) is 5.41 Å². The number of rotatable bonds is 3. The number of benzene rings is 1. The van der Waals surface area contributed by atoms with Crippen molar-refractivity contribution >= 4 is 5.84 Å². The van der Waals surface area contributed by atoms with E-state index in [9.17, 15) is 4.39 Å². The summed E-state index contributed by atoms with van der Waals surface area (Å²) in [5.74, 6) is 0.485. The van der Waals surface area contributed by atoms with E-state index in [0.29, 0.717) is 17.2 Å². The minimum Gasteiger partial charge on any atom is -0.439 e. The standard InChI is InChI=1S/C12H10FN3O/c13-9-2-4-10(5-3-9)17-11-6-1-8(7-16-11)12(14)15/h1-7H,(H3,14,15). The Hall–Kier alpha value is -2.43. The topological polar surface area (TPSA) is 72.0 Å². The van der Waals surface area contributed by atoms with Gasteiger partial charge >= 0.3 is 0 Å². The van der Waals surface area contributed by atoms with Crippen molar-refractivity contribution in [2.24, 2.45) is 5.73 Å². The van der Waals surface area contributed by atoms with Gasteiger partial charge in [0.2, 0.25) is 5.88 Å². The van der Waals surface area contributed by atoms with E-state index in [0.717, 1.165) is 0 Å². The van der Waals surface area contributed by atoms with Gasteiger partial charge in [-0.25, -0.2) is 9.37 Å². The van der Waals surface area contributed by atoms with E-state index >= 15 is 0 Å². The van der Waals surface area contributed by atoms with E-state index in [1.165, 1.54) is 30.5 Å². The van der Waals surface area contributed by atoms with E-state index in [2.05, 4.69) is 4.98 Å². The molecule has 2 aromatic rings. The Kier molecular flexibility index (Phi) is 3.00. The highest BCUT2D eigenvalue weighted by molar-refractivity contribution is 5.94. The second-order valence-electron chi connectivity index (χ2n) is 3.35. The van der Waals surface area contributed by atoms with Crippen LogP contribution in [0.4, 0.5) is 4.39 Å². The molecule has 0 aliphatic rings. The van der Waals surface area contributed by atoms with Crippen molar-refractivity contribution < 1.29 is 9.13 Å². The fourth-order valence-corrected chi connectivity index (χ4v) is 1.22. The second kappa shape index (κ2) is 4.61. The van der Waals surface area contributed by atoms with Gasteiger partial charge in [0.05, 0.1) is 0 Å². The van der Waals surface area contributed by atoms with E-state index in [-0.39, 0.29) is 11.7 Å². The average molecular weight is 231 g/mol. The number of ether oxygens (including phenoxy) is 1. The zero-order chi connectivity index (χ0) is 12.3. The van der Waals surface area contributed by atoms with Gasteiger partial charge in [-0.3, -0.25) is 5.41 Å². The Morgan fingerprint density at radius 2 is 1.88 bits per heavy atom. The molecule has 5 heteroatoms. The van der Waals surface area contributed by atoms with Crippen LogP contribution < -0.4 is 10.5 Å². The van der Waals surface area contributed by atoms with Crippen LogP contribution in [0, 0.1) is 11.2 Å². The molecule has 4 nitrogen and oxygen atoms in total. The predicted molar refractivity (Wildman–Crippen MR) is 61.7 cm³/mol. The minimum absolute atomic E-state index is 0.0502. The first-order valence-electron chi connectivity index (χ1n) is 4.89. The molecule has 0 saturated carbocycles. The second-order valence-corrected chi connectivity index (χ2v) is 3.35. The number of nitrogen functional groups attached to an aromatic ring is 1. The average Bonchev–Trinajstić information content (AvgIpc) is 2.33. The Morgan fingerprint density at radius 3 is 2.41 bits per heavy atom. The van der Waals surface area contributed by atoms with Crippen molar-refractivity contribution in [2.75, 3.05) is 0 Å². The van der Waals surface area contributed by atoms with Crippen molar-refractivity contribution in [2.45, 2.75) is 0 Å². The van der Waals surface area contributed by atoms with Crippen LogP contribution in [0.2, 0.25) is 0 Å². The molecule has 0 aliphatic carbocycles. The van der Waals surface area contributed by atoms with Crippen LogP contribution >= 0.6 is 0 Å². The van der Waals surface area contributed by atoms with Crippen LogP contribution in [0.15, 0.2) is 42.6 Å². The maximum atomic E-state index is 12.7. The number of nitrogens with two attached hydrogens (primary N) is 1. The highest BCUT2D eigenvalue weighted by Gasteiger charge is 2.01. The Morgan fingerprint density at radius 1 is 1.18 bits per heavy atom. The third kappa shape index (κ3) is 2.78. The molecule has 0 fully saturated rings. The lowest BCUT2D eigenvalue weighted by Gasteiger charge is -2.04. The molecule has 0 aliphatic heterocycles. The van der Waals surface area contributed by atoms with Crippen molar-refractivity contribution in [3.63, 3.8) is 0 Å². The van der Waals surface area contributed by atoms with E-state index in [1.54, 1.807) is 12.1 Å². The first-order valence-corrected chi connectivity index (χ1v) is 4.89. The number of hydrogen-bond acceptors (Lipinski definition) is 3. The molecule has 3 N–H and O–H groups in total. The van der Waals surface area contributed by atoms with Crippen LogP contribution in [0.5, 0.6) is 11.6 Å². The van der Waals surface area contributed by atoms with Crippen LogP contribution in [-0.4, -0.2) is 10.8 Å². The molecule has 0 unspecified atom stereocenters. The number of pyridine rings is 1. The summed E-state index contributed by atoms with van der Waals surface area (Å²) in [4.78, 5) is 3.98. The van der Waals surface area contributed by atoms with E-state index < -0.39 is 0 Å². The molecule has 0 spiro atoms. The molecule has 0 saturated heterocycles. The number of hydrogen-bond donors (Lipinski definition) is 2. The summed E-state index contributed by atoms with van der Waals surface area (Å²) in [6.45, 7) is 0. The fraction of sp³-hybridized carbons (Fsp3) is 0. The quantitative estimate of drug-likeness (QED) is 0.628. The molecule has 1 aromatic carbocycles. The van der Waals surface area contributed by atoms with Crippen LogP contribution in [0.25, 0.3) is 0 Å². The molecule has 86 valence electrons. The van der Waals surface area contributed by atoms with Gasteiger partial charge in [-0.05, 0) is 30.3 Å². The molecular formula is C12H10FN3O. The smallest absolute Gasteiger partial charge is 0.219 e. The molecule has 1 aromatic heterocycles. The summed E-state index contributed by atoms with van der Waals surface area (Å²) in [6, 6.07) is 8.86. The van der Waals surface area contributed by atoms with Gasteiger partial charge in [0.25, 0.3) is 0 Å². The van der Waals surface area contributed by atoms with Gasteiger partial charge in [-0.2, -0.15) is 0 Å². The Balaban J connectivity index is 2.13. The fourth-order valence-electron chi connectivity index (χ4n) is 1.22. The van der Waals surface area contributed by atoms with Crippen LogP contribution in [0.1, 0.15) is 5.56 Å². The van der Waals surface area contributed by atoms with Crippen LogP contribution in [0.3, 0.4) is 0 Å². The van der Waals surface area contributed by atoms with Crippen LogP contribution in [-0.2, 0) is 0 Å². The summed E-state index contributed by atoms with van der Waals surface area (Å²) in [5, 5.41) is 7.21. The summed E-state index contributed by atoms with van der Waals surface area (Å²) >= 11 is 0. The summed E-state index contributed by atoms with van der Waals surface area (Å²) in [7, 11) is 0. The third-order valence-corrected chi connectivity index (χ3v) is 2.08. The molecule has 0 atom stereocenters. The number of aromatic nitrogens is 1. The SMILES string of the molecule is N=C(N)c1ccc(Oc2ccc(F)cc2)nc1. The molecule has 0 bridgehead atoms. The monoisotopic (exact) mass is 231 g/mol. The molecule has 0 amide bonds. The van der Waals surface area contributed by atoms with Crippen molar-refractivity contribution in [3.05, 3.63) is 54.0 Å². The Labute approximate surface area is 97.4 Å². The highest BCUT2D eigenvalue weighted by Crippen LogP contribution is 2.19. The van der Waals surface area contributed by atoms with Gasteiger partial charge in [0.15, 0.2) is 0 Å². The van der Waals surface area contributed by atoms with E-state index in [4.69, 9.17) is 15.9 Å². The lowest BCUT2D eigenvalue weighted by Crippen LogP contribution is -2.11. The largest absolute Gasteiger partial charge is 0.439 e. The molecular weight excluding hydrogens is 221 g/mol. The summed E-state index contributed by atoms with van der Waals surface area (Å²) < 4.78 is 18.0. The number of nitrogens with zero attached hydrogens (tertiary/aromatic N) is 1. The van der Waals surface area contributed by atoms with Gasteiger partial charge in [-0.15, -0.1) is 0 Å². The molecule has 17 heavy (non-hydrogen) atoms. The number of amidine groups is 1. The van der Waals surface area contributed by atoms with Gasteiger partial charge in [0.1, 0.15) is 17.4 Å². The predicted octanol–water partition coefficient (Wildman–Crippen LogP) is 2.30. The summed E-state index contributed by atoms with van der Waals surface area (Å²) in [5.41, 5.74) is 5.82. The lowest BCUT2D eigenvalue weighted by atomic mass is 10.3. The maximum absolute atomic E-state index is 12.7. The maximum Gasteiger partial charge on any atom is 0.219 e. The normalized spacial score (nSPS) is 9.94. The zero-order valence-electron chi connectivity index (χ0n) is 8.85. The van der Waals surface area contributed by atoms with Crippen molar-refractivity contribution in [1.82, 2.24) is 4.98 Å². The minimum atomic E-state index is -0.322. The number of nitrogens with one attached hydrogen (secondary N) is 1. The first kappa shape index (κ1) is 11.1. The van der Waals surface area contributed by atoms with Gasteiger partial charge in [0, 0.05) is 17.8 Å². The lowest BCUT2D eigenvalue weighted by molar-refractivity contribution is 0.461. The highest BCUT2D eigenvalue weighted by atomic mass is 19.1. The van der Waals surface area contributed by atoms with Crippen molar-refractivity contribution in [3.8, 4) is 11.6 Å². The number of halogens is 1. The third-order valence-electron chi connectivity index (χ3n) is 2.08. The molecule has 2 rings (SSSR count). The van der Waals surface area contributed by atoms with E-state index in [1.807, 2.05) is 0 Å². The van der Waals surface area contributed by atoms with Gasteiger partial charge in [-0.1, -0.05) is 0 Å². The van der Waals surface area contributed by atoms with Gasteiger partial charge < -0.3 is 10.5 Å². The molecule has 1 heterocycles.